The van der Waals surface area contributed by atoms with Crippen LogP contribution in [0.3, 0.4) is 0 Å². The van der Waals surface area contributed by atoms with Crippen LogP contribution in [0.5, 0.6) is 0 Å². The molecule has 18 atom stereocenters. The molecule has 0 radical (unpaired) electrons. The van der Waals surface area contributed by atoms with E-state index in [1.807, 2.05) is 0 Å². The Hall–Kier alpha value is -2.27. The summed E-state index contributed by atoms with van der Waals surface area (Å²) in [5.74, 6) is -6.09. The summed E-state index contributed by atoms with van der Waals surface area (Å²) >= 11 is 0. The van der Waals surface area contributed by atoms with Crippen LogP contribution in [0.2, 0.25) is 0 Å². The van der Waals surface area contributed by atoms with Gasteiger partial charge in [0.25, 0.3) is 5.79 Å². The molecule has 0 aromatic carbocycles. The molecule has 0 spiro atoms. The zero-order valence-corrected chi connectivity index (χ0v) is 51.0. The SMILES string of the molecule is CCCCCCCCCCCCCCCCCCCC(O)C(COC1OC(CO)C(OC2OC(CO)C(O)C(OC3(C(=O)O)CC(O)C(NC(C)=O)C(C(O)C(O)CO)O3)C2O)C(O)C1O)NC(=O)CCCCCCCCCCCCCCC. The number of carbonyl (C=O) groups excluding carboxylic acids is 2. The molecule has 0 saturated carbocycles. The number of aliphatic hydroxyl groups is 11. The van der Waals surface area contributed by atoms with Crippen molar-refractivity contribution in [2.24, 2.45) is 0 Å². The Morgan fingerprint density at radius 1 is 0.571 bits per heavy atom. The van der Waals surface area contributed by atoms with Crippen molar-refractivity contribution in [1.82, 2.24) is 10.6 Å². The van der Waals surface area contributed by atoms with Gasteiger partial charge < -0.3 is 100 Å². The first-order valence-corrected chi connectivity index (χ1v) is 32.4. The van der Waals surface area contributed by atoms with Gasteiger partial charge in [-0.25, -0.2) is 4.79 Å². The van der Waals surface area contributed by atoms with Crippen molar-refractivity contribution < 1.29 is 104 Å². The maximum atomic E-state index is 13.4. The summed E-state index contributed by atoms with van der Waals surface area (Å²) < 4.78 is 34.8. The van der Waals surface area contributed by atoms with Gasteiger partial charge in [-0.1, -0.05) is 200 Å². The van der Waals surface area contributed by atoms with Gasteiger partial charge in [0.05, 0.1) is 50.7 Å². The number of aliphatic carboxylic acids is 1. The Morgan fingerprint density at radius 3 is 1.49 bits per heavy atom. The monoisotopic (exact) mass is 1210 g/mol. The van der Waals surface area contributed by atoms with Crippen LogP contribution in [0.1, 0.15) is 233 Å². The van der Waals surface area contributed by atoms with Crippen LogP contribution >= 0.6 is 0 Å². The summed E-state index contributed by atoms with van der Waals surface area (Å²) in [6.45, 7) is 2.19. The molecule has 14 N–H and O–H groups in total. The molecule has 3 saturated heterocycles. The predicted octanol–water partition coefficient (Wildman–Crippen LogP) is 4.17. The third-order valence-corrected chi connectivity index (χ3v) is 16.8. The molecule has 0 bridgehead atoms. The first-order chi connectivity index (χ1) is 40.4. The summed E-state index contributed by atoms with van der Waals surface area (Å²) in [4.78, 5) is 38.4. The molecule has 0 aliphatic carbocycles. The van der Waals surface area contributed by atoms with Crippen molar-refractivity contribution in [2.45, 2.75) is 342 Å². The number of carboxylic acids is 1. The summed E-state index contributed by atoms with van der Waals surface area (Å²) in [5.41, 5.74) is 0. The fraction of sp³-hybridized carbons (Fsp3) is 0.951. The molecular formula is C61H114N2O21. The van der Waals surface area contributed by atoms with E-state index >= 15 is 0 Å². The van der Waals surface area contributed by atoms with Gasteiger partial charge >= 0.3 is 5.97 Å². The Balaban J connectivity index is 1.63. The van der Waals surface area contributed by atoms with Crippen molar-refractivity contribution in [3.8, 4) is 0 Å². The van der Waals surface area contributed by atoms with Crippen LogP contribution < -0.4 is 10.6 Å². The van der Waals surface area contributed by atoms with Gasteiger partial charge in [-0.3, -0.25) is 9.59 Å². The second-order valence-corrected chi connectivity index (χ2v) is 24.0. The van der Waals surface area contributed by atoms with Gasteiger partial charge in [0, 0.05) is 19.8 Å². The minimum Gasteiger partial charge on any atom is -0.477 e. The number of unbranched alkanes of at least 4 members (excludes halogenated alkanes) is 28. The highest BCUT2D eigenvalue weighted by atomic mass is 16.8. The fourth-order valence-corrected chi connectivity index (χ4v) is 11.6. The van der Waals surface area contributed by atoms with Crippen molar-refractivity contribution in [2.75, 3.05) is 26.4 Å². The second kappa shape index (κ2) is 43.4. The minimum absolute atomic E-state index is 0.228. The van der Waals surface area contributed by atoms with E-state index in [9.17, 15) is 75.7 Å². The van der Waals surface area contributed by atoms with E-state index in [1.165, 1.54) is 128 Å². The van der Waals surface area contributed by atoms with Gasteiger partial charge in [0.1, 0.15) is 67.1 Å². The Morgan fingerprint density at radius 2 is 1.04 bits per heavy atom. The van der Waals surface area contributed by atoms with Gasteiger partial charge in [-0.15, -0.1) is 0 Å². The molecule has 23 heteroatoms. The summed E-state index contributed by atoms with van der Waals surface area (Å²) in [6.07, 6.45) is 6.87. The lowest BCUT2D eigenvalue weighted by atomic mass is 9.88. The maximum absolute atomic E-state index is 13.4. The zero-order valence-electron chi connectivity index (χ0n) is 51.0. The molecular weight excluding hydrogens is 1100 g/mol. The number of amides is 2. The molecule has 3 fully saturated rings. The third-order valence-electron chi connectivity index (χ3n) is 16.8. The quantitative estimate of drug-likeness (QED) is 0.0380. The van der Waals surface area contributed by atoms with Crippen molar-refractivity contribution >= 4 is 17.8 Å². The van der Waals surface area contributed by atoms with Crippen LogP contribution in [0.15, 0.2) is 0 Å². The molecule has 0 aromatic heterocycles. The van der Waals surface area contributed by atoms with Crippen molar-refractivity contribution in [3.63, 3.8) is 0 Å². The smallest absolute Gasteiger partial charge is 0.364 e. The molecule has 494 valence electrons. The van der Waals surface area contributed by atoms with E-state index in [1.54, 1.807) is 0 Å². The topological polar surface area (TPSA) is 373 Å². The Labute approximate surface area is 499 Å². The number of nitrogens with one attached hydrogen (secondary N) is 2. The van der Waals surface area contributed by atoms with E-state index in [0.717, 1.165) is 58.3 Å². The maximum Gasteiger partial charge on any atom is 0.364 e. The van der Waals surface area contributed by atoms with Crippen molar-refractivity contribution in [3.05, 3.63) is 0 Å². The molecule has 3 rings (SSSR count). The predicted molar refractivity (Wildman–Crippen MR) is 311 cm³/mol. The lowest BCUT2D eigenvalue weighted by Gasteiger charge is -2.50. The number of rotatable bonds is 48. The normalized spacial score (nSPS) is 29.7. The second-order valence-electron chi connectivity index (χ2n) is 24.0. The Bertz CT molecular complexity index is 1720. The van der Waals surface area contributed by atoms with Crippen LogP contribution in [0.4, 0.5) is 0 Å². The van der Waals surface area contributed by atoms with Gasteiger partial charge in [-0.2, -0.15) is 0 Å². The molecule has 3 heterocycles. The standard InChI is InChI=1S/C61H114N2O21/c1-4-6-8-10-12-14-16-18-19-20-21-23-24-26-28-30-32-34-43(68)42(63-48(71)35-33-31-29-27-25-22-17-15-13-11-9-7-5-2)40-79-58-53(75)52(74)55(47(39-66)81-58)82-59-54(76)57(51(73)46(38-65)80-59)84-61(60(77)78)36-44(69)49(62-41(3)67)56(83-61)50(72)45(70)37-64/h42-47,49-59,64-66,68-70,72-76H,4-40H2,1-3H3,(H,62,67)(H,63,71)(H,77,78). The minimum atomic E-state index is -3.08. The molecule has 0 aromatic rings. The fourth-order valence-electron chi connectivity index (χ4n) is 11.6. The molecule has 84 heavy (non-hydrogen) atoms. The third kappa shape index (κ3) is 26.8. The number of ether oxygens (including phenoxy) is 6. The van der Waals surface area contributed by atoms with E-state index < -0.39 is 148 Å². The van der Waals surface area contributed by atoms with E-state index in [4.69, 9.17) is 28.4 Å². The van der Waals surface area contributed by atoms with Gasteiger partial charge in [-0.05, 0) is 12.8 Å². The summed E-state index contributed by atoms with van der Waals surface area (Å²) in [5, 5.41) is 136. The number of hydrogen-bond donors (Lipinski definition) is 14. The molecule has 3 aliphatic heterocycles. The van der Waals surface area contributed by atoms with E-state index in [2.05, 4.69) is 24.5 Å². The lowest BCUT2D eigenvalue weighted by molar-refractivity contribution is -0.386. The van der Waals surface area contributed by atoms with Gasteiger partial charge in [0.2, 0.25) is 11.8 Å². The zero-order chi connectivity index (χ0) is 61.9. The average Bonchev–Trinajstić information content (AvgIpc) is 1.21. The molecule has 3 aliphatic rings. The van der Waals surface area contributed by atoms with Gasteiger partial charge in [0.15, 0.2) is 12.6 Å². The number of aliphatic hydroxyl groups excluding tert-OH is 11. The highest BCUT2D eigenvalue weighted by Crippen LogP contribution is 2.38. The number of carboxylic acid groups (broad SMARTS) is 1. The molecule has 18 unspecified atom stereocenters. The highest BCUT2D eigenvalue weighted by molar-refractivity contribution is 5.77. The number of hydrogen-bond acceptors (Lipinski definition) is 20. The first-order valence-electron chi connectivity index (χ1n) is 32.4. The van der Waals surface area contributed by atoms with Crippen LogP contribution in [-0.2, 0) is 42.8 Å². The van der Waals surface area contributed by atoms with Crippen LogP contribution in [0, 0.1) is 0 Å². The summed E-state index contributed by atoms with van der Waals surface area (Å²) in [7, 11) is 0. The largest absolute Gasteiger partial charge is 0.477 e. The summed E-state index contributed by atoms with van der Waals surface area (Å²) in [6, 6.07) is -2.52. The molecule has 2 amide bonds. The Kier molecular flexibility index (Phi) is 39.3. The van der Waals surface area contributed by atoms with Crippen molar-refractivity contribution in [1.29, 1.82) is 0 Å². The van der Waals surface area contributed by atoms with E-state index in [0.29, 0.717) is 19.3 Å². The van der Waals surface area contributed by atoms with E-state index in [-0.39, 0.29) is 18.9 Å². The van der Waals surface area contributed by atoms with Crippen LogP contribution in [-0.4, -0.2) is 215 Å². The number of carbonyl (C=O) groups is 3. The lowest BCUT2D eigenvalue weighted by Crippen LogP contribution is -2.70. The average molecular weight is 1210 g/mol. The highest BCUT2D eigenvalue weighted by Gasteiger charge is 2.60. The first kappa shape index (κ1) is 76.0. The molecule has 23 nitrogen and oxygen atoms in total. The van der Waals surface area contributed by atoms with Crippen LogP contribution in [0.25, 0.3) is 0 Å².